The lowest BCUT2D eigenvalue weighted by molar-refractivity contribution is -0.119. The van der Waals surface area contributed by atoms with Crippen LogP contribution in [-0.2, 0) is 4.79 Å². The summed E-state index contributed by atoms with van der Waals surface area (Å²) in [5.41, 5.74) is 4.76. The third-order valence-corrected chi connectivity index (χ3v) is 2.62. The van der Waals surface area contributed by atoms with Crippen LogP contribution in [0.4, 0.5) is 14.5 Å². The molecule has 1 aromatic carbocycles. The summed E-state index contributed by atoms with van der Waals surface area (Å²) in [5.74, 6) is -2.17. The van der Waals surface area contributed by atoms with Gasteiger partial charge in [0.15, 0.2) is 0 Å². The van der Waals surface area contributed by atoms with E-state index in [2.05, 4.69) is 5.32 Å². The minimum absolute atomic E-state index is 0.0261. The molecule has 1 amide bonds. The van der Waals surface area contributed by atoms with Gasteiger partial charge >= 0.3 is 0 Å². The van der Waals surface area contributed by atoms with Gasteiger partial charge in [0.2, 0.25) is 5.91 Å². The number of carbonyl (C=O) groups excluding carboxylic acids is 1. The monoisotopic (exact) mass is 274 g/mol. The first-order valence-electron chi connectivity index (χ1n) is 5.68. The third kappa shape index (κ3) is 4.15. The van der Waals surface area contributed by atoms with E-state index in [-0.39, 0.29) is 24.4 Å². The Bertz CT molecular complexity index is 469. The molecule has 5 nitrogen and oxygen atoms in total. The van der Waals surface area contributed by atoms with Crippen LogP contribution in [0, 0.1) is 11.6 Å². The maximum atomic E-state index is 13.2. The zero-order valence-corrected chi connectivity index (χ0v) is 10.4. The average molecular weight is 274 g/mol. The van der Waals surface area contributed by atoms with Crippen LogP contribution in [0.2, 0.25) is 0 Å². The number of anilines is 1. The molecule has 0 saturated heterocycles. The van der Waals surface area contributed by atoms with Gasteiger partial charge in [-0.2, -0.15) is 0 Å². The van der Waals surface area contributed by atoms with Crippen molar-refractivity contribution in [2.24, 2.45) is 0 Å². The van der Waals surface area contributed by atoms with Crippen LogP contribution in [0.15, 0.2) is 12.1 Å². The molecule has 5 N–H and O–H groups in total. The molecule has 1 aromatic rings. The molecule has 0 saturated carbocycles. The van der Waals surface area contributed by atoms with Crippen molar-refractivity contribution in [3.05, 3.63) is 29.3 Å². The molecular formula is C12H16F2N2O3. The Hall–Kier alpha value is -1.73. The van der Waals surface area contributed by atoms with Crippen LogP contribution in [0.5, 0.6) is 0 Å². The molecule has 0 aliphatic carbocycles. The second-order valence-corrected chi connectivity index (χ2v) is 4.17. The lowest BCUT2D eigenvalue weighted by Crippen LogP contribution is -2.28. The lowest BCUT2D eigenvalue weighted by Gasteiger charge is -2.20. The highest BCUT2D eigenvalue weighted by atomic mass is 19.1. The molecule has 2 unspecified atom stereocenters. The number of nitrogens with two attached hydrogens (primary N) is 1. The van der Waals surface area contributed by atoms with Gasteiger partial charge in [-0.1, -0.05) is 0 Å². The van der Waals surface area contributed by atoms with Crippen LogP contribution in [0.1, 0.15) is 25.0 Å². The average Bonchev–Trinajstić information content (AvgIpc) is 2.32. The molecule has 106 valence electrons. The predicted octanol–water partition coefficient (Wildman–Crippen LogP) is 0.468. The Morgan fingerprint density at radius 3 is 2.63 bits per heavy atom. The fourth-order valence-corrected chi connectivity index (χ4v) is 1.61. The van der Waals surface area contributed by atoms with Crippen LogP contribution >= 0.6 is 0 Å². The van der Waals surface area contributed by atoms with E-state index in [9.17, 15) is 23.8 Å². The van der Waals surface area contributed by atoms with Crippen molar-refractivity contribution < 1.29 is 23.8 Å². The molecule has 0 radical (unpaired) electrons. The number of hydrogen-bond acceptors (Lipinski definition) is 4. The van der Waals surface area contributed by atoms with Gasteiger partial charge in [-0.3, -0.25) is 4.79 Å². The molecule has 0 bridgehead atoms. The highest BCUT2D eigenvalue weighted by Gasteiger charge is 2.22. The van der Waals surface area contributed by atoms with Crippen molar-refractivity contribution in [3.8, 4) is 0 Å². The number of rotatable bonds is 5. The van der Waals surface area contributed by atoms with E-state index in [1.807, 2.05) is 0 Å². The van der Waals surface area contributed by atoms with E-state index in [0.717, 1.165) is 6.07 Å². The van der Waals surface area contributed by atoms with Crippen LogP contribution in [-0.4, -0.2) is 28.8 Å². The Balaban J connectivity index is 2.76. The molecule has 7 heteroatoms. The Kier molecular flexibility index (Phi) is 5.20. The number of amides is 1. The van der Waals surface area contributed by atoms with E-state index < -0.39 is 29.5 Å². The first-order chi connectivity index (χ1) is 8.82. The second-order valence-electron chi connectivity index (χ2n) is 4.17. The Labute approximate surface area is 109 Å². The summed E-state index contributed by atoms with van der Waals surface area (Å²) >= 11 is 0. The molecule has 0 aliphatic rings. The van der Waals surface area contributed by atoms with Gasteiger partial charge in [0.25, 0.3) is 0 Å². The summed E-state index contributed by atoms with van der Waals surface area (Å²) in [7, 11) is 0. The molecule has 19 heavy (non-hydrogen) atoms. The number of hydrogen-bond donors (Lipinski definition) is 4. The van der Waals surface area contributed by atoms with Crippen LogP contribution in [0.25, 0.3) is 0 Å². The van der Waals surface area contributed by atoms with Crippen LogP contribution in [0.3, 0.4) is 0 Å². The smallest absolute Gasteiger partial charge is 0.216 e. The van der Waals surface area contributed by atoms with Crippen molar-refractivity contribution in [2.45, 2.75) is 25.6 Å². The Morgan fingerprint density at radius 1 is 1.42 bits per heavy atom. The van der Waals surface area contributed by atoms with Crippen molar-refractivity contribution in [1.82, 2.24) is 5.32 Å². The first kappa shape index (κ1) is 15.3. The third-order valence-electron chi connectivity index (χ3n) is 2.62. The van der Waals surface area contributed by atoms with Gasteiger partial charge < -0.3 is 21.3 Å². The highest BCUT2D eigenvalue weighted by molar-refractivity contribution is 5.72. The van der Waals surface area contributed by atoms with E-state index in [1.54, 1.807) is 0 Å². The molecule has 0 aliphatic heterocycles. The molecule has 0 spiro atoms. The minimum Gasteiger partial charge on any atom is -0.396 e. The quantitative estimate of drug-likeness (QED) is 0.587. The molecular weight excluding hydrogens is 258 g/mol. The fraction of sp³-hybridized carbons (Fsp3) is 0.417. The zero-order chi connectivity index (χ0) is 14.6. The summed E-state index contributed by atoms with van der Waals surface area (Å²) in [4.78, 5) is 10.6. The number of carbonyl (C=O) groups is 1. The maximum absolute atomic E-state index is 13.2. The van der Waals surface area contributed by atoms with Crippen molar-refractivity contribution >= 4 is 11.6 Å². The summed E-state index contributed by atoms with van der Waals surface area (Å²) in [6.45, 7) is 1.44. The first-order valence-corrected chi connectivity index (χ1v) is 5.68. The van der Waals surface area contributed by atoms with E-state index >= 15 is 0 Å². The number of aliphatic hydroxyl groups is 2. The molecule has 1 rings (SSSR count). The molecule has 0 aromatic heterocycles. The van der Waals surface area contributed by atoms with Gasteiger partial charge in [0.05, 0.1) is 11.8 Å². The summed E-state index contributed by atoms with van der Waals surface area (Å²) in [6.07, 6.45) is -2.80. The molecule has 0 heterocycles. The van der Waals surface area contributed by atoms with E-state index in [4.69, 9.17) is 5.73 Å². The molecule has 0 fully saturated rings. The SMILES string of the molecule is CC(=O)NCCC(O)C(O)c1cc(F)cc(F)c1N. The summed E-state index contributed by atoms with van der Waals surface area (Å²) in [5, 5.41) is 21.9. The number of aliphatic hydroxyl groups excluding tert-OH is 2. The van der Waals surface area contributed by atoms with Gasteiger partial charge in [0, 0.05) is 25.1 Å². The summed E-state index contributed by atoms with van der Waals surface area (Å²) in [6, 6.07) is 1.46. The summed E-state index contributed by atoms with van der Waals surface area (Å²) < 4.78 is 26.3. The largest absolute Gasteiger partial charge is 0.396 e. The lowest BCUT2D eigenvalue weighted by atomic mass is 10.00. The van der Waals surface area contributed by atoms with Gasteiger partial charge in [-0.15, -0.1) is 0 Å². The molecule has 2 atom stereocenters. The standard InChI is InChI=1S/C12H16F2N2O3/c1-6(17)16-3-2-10(18)12(19)8-4-7(13)5-9(14)11(8)15/h4-5,10,12,18-19H,2-3,15H2,1H3,(H,16,17). The second kappa shape index (κ2) is 6.44. The highest BCUT2D eigenvalue weighted by Crippen LogP contribution is 2.27. The van der Waals surface area contributed by atoms with Gasteiger partial charge in [-0.25, -0.2) is 8.78 Å². The van der Waals surface area contributed by atoms with E-state index in [0.29, 0.717) is 6.07 Å². The Morgan fingerprint density at radius 2 is 2.05 bits per heavy atom. The maximum Gasteiger partial charge on any atom is 0.216 e. The predicted molar refractivity (Wildman–Crippen MR) is 65.0 cm³/mol. The normalized spacial score (nSPS) is 13.9. The topological polar surface area (TPSA) is 95.6 Å². The number of benzene rings is 1. The van der Waals surface area contributed by atoms with Crippen molar-refractivity contribution in [3.63, 3.8) is 0 Å². The minimum atomic E-state index is -1.53. The fourth-order valence-electron chi connectivity index (χ4n) is 1.61. The number of halogens is 2. The number of nitrogen functional groups attached to an aromatic ring is 1. The van der Waals surface area contributed by atoms with Crippen LogP contribution < -0.4 is 11.1 Å². The van der Waals surface area contributed by atoms with Crippen molar-refractivity contribution in [2.75, 3.05) is 12.3 Å². The van der Waals surface area contributed by atoms with Gasteiger partial charge in [-0.05, 0) is 12.5 Å². The van der Waals surface area contributed by atoms with Crippen molar-refractivity contribution in [1.29, 1.82) is 0 Å². The van der Waals surface area contributed by atoms with E-state index in [1.165, 1.54) is 6.92 Å². The zero-order valence-electron chi connectivity index (χ0n) is 10.4. The van der Waals surface area contributed by atoms with Gasteiger partial charge in [0.1, 0.15) is 17.7 Å². The number of nitrogens with one attached hydrogen (secondary N) is 1.